The molecule has 2 aliphatic heterocycles. The van der Waals surface area contributed by atoms with Gasteiger partial charge in [0.15, 0.2) is 6.29 Å². The average molecular weight is 638 g/mol. The zero-order chi connectivity index (χ0) is 31.6. The van der Waals surface area contributed by atoms with Gasteiger partial charge in [0.25, 0.3) is 0 Å². The van der Waals surface area contributed by atoms with Crippen LogP contribution in [0.25, 0.3) is 55.0 Å². The van der Waals surface area contributed by atoms with Crippen molar-refractivity contribution in [2.75, 3.05) is 18.5 Å². The molecule has 2 heterocycles. The van der Waals surface area contributed by atoms with Gasteiger partial charge in [0.05, 0.1) is 26.7 Å². The minimum Gasteiger partial charge on any atom is -0.478 e. The Kier molecular flexibility index (Phi) is 7.30. The van der Waals surface area contributed by atoms with Crippen molar-refractivity contribution in [3.63, 3.8) is 0 Å². The first-order valence-electron chi connectivity index (χ1n) is 15.1. The number of rotatable bonds is 6. The molecule has 0 bridgehead atoms. The van der Waals surface area contributed by atoms with E-state index in [4.69, 9.17) is 27.6 Å². The van der Waals surface area contributed by atoms with E-state index in [1.807, 2.05) is 42.5 Å². The maximum atomic E-state index is 12.8. The number of halogens is 2. The predicted molar refractivity (Wildman–Crippen MR) is 182 cm³/mol. The fraction of sp³-hybridized carbons (Fsp3) is 0.216. The van der Waals surface area contributed by atoms with Crippen LogP contribution in [-0.2, 0) is 12.8 Å². The number of carbonyl (C=O) groups excluding carboxylic acids is 1. The molecule has 0 spiro atoms. The van der Waals surface area contributed by atoms with Crippen molar-refractivity contribution in [3.05, 3.63) is 92.3 Å². The molecule has 7 rings (SSSR count). The van der Waals surface area contributed by atoms with Gasteiger partial charge in [0.2, 0.25) is 0 Å². The maximum Gasteiger partial charge on any atom is 0.337 e. The van der Waals surface area contributed by atoms with Crippen LogP contribution in [0.3, 0.4) is 0 Å². The summed E-state index contributed by atoms with van der Waals surface area (Å²) in [5, 5.41) is 24.0. The van der Waals surface area contributed by atoms with E-state index in [9.17, 15) is 20.1 Å². The summed E-state index contributed by atoms with van der Waals surface area (Å²) < 4.78 is 7.07. The molecule has 0 unspecified atom stereocenters. The Labute approximate surface area is 269 Å². The van der Waals surface area contributed by atoms with E-state index in [0.29, 0.717) is 40.5 Å². The molecule has 0 radical (unpaired) electrons. The second-order valence-corrected chi connectivity index (χ2v) is 12.5. The third-order valence-electron chi connectivity index (χ3n) is 9.15. The Morgan fingerprint density at radius 1 is 1.02 bits per heavy atom. The summed E-state index contributed by atoms with van der Waals surface area (Å²) in [5.74, 6) is -0.703. The minimum absolute atomic E-state index is 0.00138. The second kappa shape index (κ2) is 11.2. The Balaban J connectivity index is 1.87. The van der Waals surface area contributed by atoms with Gasteiger partial charge in [-0.2, -0.15) is 0 Å². The molecule has 3 aliphatic rings. The van der Waals surface area contributed by atoms with Gasteiger partial charge in [0, 0.05) is 63.1 Å². The molecule has 0 atom stereocenters. The first-order valence-corrected chi connectivity index (χ1v) is 15.9. The van der Waals surface area contributed by atoms with Crippen molar-refractivity contribution in [1.29, 1.82) is 5.41 Å². The lowest BCUT2D eigenvalue weighted by molar-refractivity contribution is 0.0696. The molecule has 0 aromatic heterocycles. The van der Waals surface area contributed by atoms with Crippen LogP contribution in [0, 0.1) is 5.41 Å². The molecule has 226 valence electrons. The van der Waals surface area contributed by atoms with Gasteiger partial charge in [-0.3, -0.25) is 10.2 Å². The third-order valence-corrected chi connectivity index (χ3v) is 9.85. The third kappa shape index (κ3) is 4.34. The topological polar surface area (TPSA) is 94.6 Å². The Morgan fingerprint density at radius 3 is 2.40 bits per heavy atom. The lowest BCUT2D eigenvalue weighted by atomic mass is 9.82. The molecule has 0 amide bonds. The molecule has 45 heavy (non-hydrogen) atoms. The highest BCUT2D eigenvalue weighted by atomic mass is 35.5. The Bertz CT molecular complexity index is 2260. The number of fused-ring (bicyclic) bond motifs is 9. The van der Waals surface area contributed by atoms with Crippen LogP contribution in [0.15, 0.2) is 59.0 Å². The number of unbranched alkanes of at least 4 members (excludes halogenated alkanes) is 1. The summed E-state index contributed by atoms with van der Waals surface area (Å²) in [4.78, 5) is 27.6. The van der Waals surface area contributed by atoms with Crippen LogP contribution >= 0.6 is 23.2 Å². The number of aldehydes is 1. The molecular formula is C37H30Cl2N2O4. The van der Waals surface area contributed by atoms with Crippen molar-refractivity contribution in [2.45, 2.75) is 39.0 Å². The van der Waals surface area contributed by atoms with Gasteiger partial charge in [-0.25, -0.2) is 4.79 Å². The Hall–Kier alpha value is -4.39. The fourth-order valence-electron chi connectivity index (χ4n) is 7.14. The standard InChI is InChI=1S/C37H30Cl2N2O4/c1-3-4-10-23-33(40)21-13-7-5-11-19(21)29-31(28-26(18-42)27(38)17-25(32(28)39)37(43)44)30-20-12-6-8-14-22(20)34-24(15-9-16-41(34)2)36(30)45-35(23)29/h5-8,11-14,17-18,40H,3-4,9-10,15-16H2,1-2H3,(H,43,44). The van der Waals surface area contributed by atoms with Gasteiger partial charge >= 0.3 is 5.97 Å². The lowest BCUT2D eigenvalue weighted by Crippen LogP contribution is -2.25. The predicted octanol–water partition coefficient (Wildman–Crippen LogP) is 9.53. The number of carboxylic acids is 1. The number of anilines is 1. The number of aromatic carboxylic acids is 1. The van der Waals surface area contributed by atoms with Crippen molar-refractivity contribution in [1.82, 2.24) is 0 Å². The summed E-state index contributed by atoms with van der Waals surface area (Å²) in [6.45, 7) is 3.00. The number of nitrogens with one attached hydrogen (secondary N) is 1. The number of carbonyl (C=O) groups is 2. The molecule has 0 saturated heterocycles. The van der Waals surface area contributed by atoms with Gasteiger partial charge < -0.3 is 14.4 Å². The smallest absolute Gasteiger partial charge is 0.337 e. The molecular weight excluding hydrogens is 607 g/mol. The highest BCUT2D eigenvalue weighted by molar-refractivity contribution is 6.41. The van der Waals surface area contributed by atoms with Crippen molar-refractivity contribution in [2.24, 2.45) is 0 Å². The van der Waals surface area contributed by atoms with Gasteiger partial charge in [0.1, 0.15) is 11.3 Å². The molecule has 6 nitrogen and oxygen atoms in total. The van der Waals surface area contributed by atoms with E-state index in [1.165, 1.54) is 6.07 Å². The number of carboxylic acid groups (broad SMARTS) is 1. The summed E-state index contributed by atoms with van der Waals surface area (Å²) in [6, 6.07) is 17.0. The van der Waals surface area contributed by atoms with E-state index in [1.54, 1.807) is 0 Å². The van der Waals surface area contributed by atoms with Crippen LogP contribution in [0.2, 0.25) is 10.0 Å². The van der Waals surface area contributed by atoms with Crippen LogP contribution in [0.1, 0.15) is 58.0 Å². The summed E-state index contributed by atoms with van der Waals surface area (Å²) >= 11 is 13.7. The second-order valence-electron chi connectivity index (χ2n) is 11.7. The summed E-state index contributed by atoms with van der Waals surface area (Å²) in [6.07, 6.45) is 4.73. The summed E-state index contributed by atoms with van der Waals surface area (Å²) in [5.41, 5.74) is 4.96. The number of aryl methyl sites for hydroxylation is 1. The average Bonchev–Trinajstić information content (AvgIpc) is 3.04. The highest BCUT2D eigenvalue weighted by Gasteiger charge is 2.33. The maximum absolute atomic E-state index is 12.8. The number of hydrogen-bond donors (Lipinski definition) is 2. The van der Waals surface area contributed by atoms with Crippen LogP contribution in [0.5, 0.6) is 0 Å². The quantitative estimate of drug-likeness (QED) is 0.108. The zero-order valence-electron chi connectivity index (χ0n) is 24.9. The molecule has 1 aliphatic carbocycles. The van der Waals surface area contributed by atoms with Gasteiger partial charge in [-0.1, -0.05) is 85.1 Å². The largest absolute Gasteiger partial charge is 0.478 e. The van der Waals surface area contributed by atoms with Gasteiger partial charge in [-0.15, -0.1) is 0 Å². The monoisotopic (exact) mass is 636 g/mol. The van der Waals surface area contributed by atoms with E-state index in [-0.39, 0.29) is 26.7 Å². The van der Waals surface area contributed by atoms with E-state index in [2.05, 4.69) is 24.9 Å². The summed E-state index contributed by atoms with van der Waals surface area (Å²) in [7, 11) is 2.08. The fourth-order valence-corrected chi connectivity index (χ4v) is 7.72. The van der Waals surface area contributed by atoms with Crippen LogP contribution < -0.4 is 10.3 Å². The first kappa shape index (κ1) is 29.3. The van der Waals surface area contributed by atoms with Crippen molar-refractivity contribution < 1.29 is 19.1 Å². The molecule has 8 heteroatoms. The van der Waals surface area contributed by atoms with E-state index < -0.39 is 5.97 Å². The highest BCUT2D eigenvalue weighted by Crippen LogP contribution is 2.53. The molecule has 2 N–H and O–H groups in total. The molecule has 0 fully saturated rings. The molecule has 0 saturated carbocycles. The van der Waals surface area contributed by atoms with E-state index >= 15 is 0 Å². The normalized spacial score (nSPS) is 13.2. The molecule has 4 aromatic rings. The van der Waals surface area contributed by atoms with Crippen LogP contribution in [0.4, 0.5) is 5.69 Å². The van der Waals surface area contributed by atoms with E-state index in [0.717, 1.165) is 76.0 Å². The van der Waals surface area contributed by atoms with Gasteiger partial charge in [-0.05, 0) is 42.5 Å². The Morgan fingerprint density at radius 2 is 1.71 bits per heavy atom. The SMILES string of the molecule is CCCCc1c2oc3c4c(c5ccccc5c3c(-c3c(Cl)c(C(=O)O)cc(Cl)c3C=O)c-2c2ccccc2c1=N)N(C)CCC4. The molecule has 4 aromatic carbocycles. The first-order chi connectivity index (χ1) is 21.8. The van der Waals surface area contributed by atoms with Crippen LogP contribution in [-0.4, -0.2) is 31.0 Å². The number of hydrogen-bond acceptors (Lipinski definition) is 5. The van der Waals surface area contributed by atoms with Crippen molar-refractivity contribution >= 4 is 73.7 Å². The van der Waals surface area contributed by atoms with Crippen molar-refractivity contribution in [3.8, 4) is 22.5 Å². The zero-order valence-corrected chi connectivity index (χ0v) is 26.4. The number of benzene rings is 5. The number of nitrogens with zero attached hydrogens (tertiary/aromatic N) is 1. The minimum atomic E-state index is -1.25. The lowest BCUT2D eigenvalue weighted by Gasteiger charge is -2.31.